The number of carbonyl (C=O) groups is 1. The minimum atomic E-state index is 0.279. The van der Waals surface area contributed by atoms with Crippen molar-refractivity contribution >= 4 is 23.7 Å². The molecule has 0 heterocycles. The van der Waals surface area contributed by atoms with E-state index < -0.39 is 0 Å². The maximum absolute atomic E-state index is 10.1. The van der Waals surface area contributed by atoms with Gasteiger partial charge in [0.05, 0.1) is 10.7 Å². The Kier molecular flexibility index (Phi) is 2.46. The second kappa shape index (κ2) is 3.37. The molecule has 0 aromatic heterocycles. The molecule has 0 bridgehead atoms. The van der Waals surface area contributed by atoms with Gasteiger partial charge in [-0.2, -0.15) is 5.06 Å². The highest BCUT2D eigenvalue weighted by atomic mass is 35.5. The van der Waals surface area contributed by atoms with Gasteiger partial charge < -0.3 is 0 Å². The Labute approximate surface area is 68.8 Å². The molecule has 1 N–H and O–H groups in total. The molecule has 1 rings (SSSR count). The Balaban J connectivity index is 3.02. The molecule has 1 amide bonds. The topological polar surface area (TPSA) is 40.5 Å². The first kappa shape index (κ1) is 8.04. The van der Waals surface area contributed by atoms with Crippen molar-refractivity contribution < 1.29 is 10.0 Å². The standard InChI is InChI=1S/C7H6ClNO2/c8-6-3-1-2-4-7(6)9(11)5-10/h1-5,11H. The first-order valence-electron chi connectivity index (χ1n) is 2.93. The number of rotatable bonds is 2. The molecule has 0 saturated carbocycles. The van der Waals surface area contributed by atoms with Crippen molar-refractivity contribution in [2.45, 2.75) is 0 Å². The van der Waals surface area contributed by atoms with Crippen molar-refractivity contribution in [1.82, 2.24) is 0 Å². The van der Waals surface area contributed by atoms with Gasteiger partial charge in [0.15, 0.2) is 0 Å². The molecule has 0 atom stereocenters. The van der Waals surface area contributed by atoms with Gasteiger partial charge in [-0.3, -0.25) is 10.0 Å². The third-order valence-electron chi connectivity index (χ3n) is 1.20. The third-order valence-corrected chi connectivity index (χ3v) is 1.52. The number of nitrogens with zero attached hydrogens (tertiary/aromatic N) is 1. The van der Waals surface area contributed by atoms with Crippen LogP contribution in [0.25, 0.3) is 0 Å². The van der Waals surface area contributed by atoms with Crippen LogP contribution in [0.4, 0.5) is 5.69 Å². The fourth-order valence-electron chi connectivity index (χ4n) is 0.694. The van der Waals surface area contributed by atoms with Gasteiger partial charge in [-0.15, -0.1) is 0 Å². The van der Waals surface area contributed by atoms with Crippen LogP contribution < -0.4 is 5.06 Å². The number of amides is 1. The summed E-state index contributed by atoms with van der Waals surface area (Å²) in [6, 6.07) is 6.51. The molecule has 58 valence electrons. The second-order valence-electron chi connectivity index (χ2n) is 1.90. The Morgan fingerprint density at radius 1 is 1.45 bits per heavy atom. The smallest absolute Gasteiger partial charge is 0.237 e. The Bertz CT molecular complexity index is 264. The third kappa shape index (κ3) is 1.69. The maximum atomic E-state index is 10.1. The summed E-state index contributed by atoms with van der Waals surface area (Å²) in [6.07, 6.45) is 0.279. The van der Waals surface area contributed by atoms with Gasteiger partial charge in [0.25, 0.3) is 0 Å². The van der Waals surface area contributed by atoms with Gasteiger partial charge in [0.1, 0.15) is 0 Å². The lowest BCUT2D eigenvalue weighted by atomic mass is 10.3. The lowest BCUT2D eigenvalue weighted by Crippen LogP contribution is -2.14. The number of benzene rings is 1. The van der Waals surface area contributed by atoms with Gasteiger partial charge in [0.2, 0.25) is 6.41 Å². The summed E-state index contributed by atoms with van der Waals surface area (Å²) in [5.41, 5.74) is 0.282. The summed E-state index contributed by atoms with van der Waals surface area (Å²) in [4.78, 5) is 10.1. The molecule has 0 unspecified atom stereocenters. The number of carbonyl (C=O) groups excluding carboxylic acids is 1. The molecule has 11 heavy (non-hydrogen) atoms. The molecule has 3 nitrogen and oxygen atoms in total. The average molecular weight is 172 g/mol. The monoisotopic (exact) mass is 171 g/mol. The van der Waals surface area contributed by atoms with Gasteiger partial charge in [-0.25, -0.2) is 0 Å². The minimum absolute atomic E-state index is 0.279. The van der Waals surface area contributed by atoms with E-state index in [-0.39, 0.29) is 12.1 Å². The van der Waals surface area contributed by atoms with Gasteiger partial charge in [0, 0.05) is 0 Å². The normalized spacial score (nSPS) is 9.27. The van der Waals surface area contributed by atoms with Crippen LogP contribution >= 0.6 is 11.6 Å². The number of para-hydroxylation sites is 1. The van der Waals surface area contributed by atoms with E-state index in [2.05, 4.69) is 0 Å². The molecule has 4 heteroatoms. The van der Waals surface area contributed by atoms with Crippen molar-refractivity contribution in [3.05, 3.63) is 29.3 Å². The fraction of sp³-hybridized carbons (Fsp3) is 0. The molecule has 0 spiro atoms. The fourth-order valence-corrected chi connectivity index (χ4v) is 0.917. The van der Waals surface area contributed by atoms with Crippen LogP contribution in [0.3, 0.4) is 0 Å². The minimum Gasteiger partial charge on any atom is -0.281 e. The highest BCUT2D eigenvalue weighted by Crippen LogP contribution is 2.22. The zero-order valence-electron chi connectivity index (χ0n) is 5.57. The van der Waals surface area contributed by atoms with Crippen LogP contribution in [0.2, 0.25) is 5.02 Å². The highest BCUT2D eigenvalue weighted by Gasteiger charge is 2.03. The molecule has 0 aliphatic heterocycles. The van der Waals surface area contributed by atoms with Crippen molar-refractivity contribution in [2.75, 3.05) is 5.06 Å². The molecule has 0 saturated heterocycles. The lowest BCUT2D eigenvalue weighted by molar-refractivity contribution is -0.111. The largest absolute Gasteiger partial charge is 0.281 e. The van der Waals surface area contributed by atoms with Crippen LogP contribution in [-0.4, -0.2) is 11.6 Å². The van der Waals surface area contributed by atoms with Crippen molar-refractivity contribution in [3.8, 4) is 0 Å². The van der Waals surface area contributed by atoms with Crippen LogP contribution in [-0.2, 0) is 4.79 Å². The number of anilines is 1. The first-order chi connectivity index (χ1) is 5.25. The average Bonchev–Trinajstić information content (AvgIpc) is 2.04. The predicted octanol–water partition coefficient (Wildman–Crippen LogP) is 1.69. The predicted molar refractivity (Wildman–Crippen MR) is 41.8 cm³/mol. The Morgan fingerprint density at radius 3 is 2.64 bits per heavy atom. The molecule has 0 aliphatic rings. The van der Waals surface area contributed by atoms with Crippen LogP contribution in [0, 0.1) is 0 Å². The molecule has 0 aliphatic carbocycles. The molecule has 1 aromatic carbocycles. The zero-order chi connectivity index (χ0) is 8.27. The summed E-state index contributed by atoms with van der Waals surface area (Å²) in [5, 5.41) is 9.66. The summed E-state index contributed by atoms with van der Waals surface area (Å²) in [5.74, 6) is 0. The first-order valence-corrected chi connectivity index (χ1v) is 3.31. The molecule has 0 fully saturated rings. The van der Waals surface area contributed by atoms with E-state index in [1.54, 1.807) is 18.2 Å². The van der Waals surface area contributed by atoms with E-state index >= 15 is 0 Å². The molecule has 0 radical (unpaired) electrons. The van der Waals surface area contributed by atoms with E-state index in [0.29, 0.717) is 10.1 Å². The van der Waals surface area contributed by atoms with Crippen molar-refractivity contribution in [3.63, 3.8) is 0 Å². The molecule has 1 aromatic rings. The zero-order valence-corrected chi connectivity index (χ0v) is 6.32. The summed E-state index contributed by atoms with van der Waals surface area (Å²) < 4.78 is 0. The quantitative estimate of drug-likeness (QED) is 0.418. The number of hydroxylamine groups is 1. The van der Waals surface area contributed by atoms with Crippen molar-refractivity contribution in [2.24, 2.45) is 0 Å². The van der Waals surface area contributed by atoms with E-state index in [9.17, 15) is 4.79 Å². The Hall–Kier alpha value is -1.06. The number of halogens is 1. The summed E-state index contributed by atoms with van der Waals surface area (Å²) in [7, 11) is 0. The van der Waals surface area contributed by atoms with Gasteiger partial charge in [-0.05, 0) is 12.1 Å². The Morgan fingerprint density at radius 2 is 2.09 bits per heavy atom. The maximum Gasteiger partial charge on any atom is 0.237 e. The van der Waals surface area contributed by atoms with Crippen LogP contribution in [0.1, 0.15) is 0 Å². The second-order valence-corrected chi connectivity index (χ2v) is 2.31. The SMILES string of the molecule is O=CN(O)c1ccccc1Cl. The highest BCUT2D eigenvalue weighted by molar-refractivity contribution is 6.33. The van der Waals surface area contributed by atoms with Gasteiger partial charge in [-0.1, -0.05) is 23.7 Å². The van der Waals surface area contributed by atoms with Crippen LogP contribution in [0.15, 0.2) is 24.3 Å². The lowest BCUT2D eigenvalue weighted by Gasteiger charge is -2.08. The van der Waals surface area contributed by atoms with Crippen LogP contribution in [0.5, 0.6) is 0 Å². The van der Waals surface area contributed by atoms with E-state index in [1.165, 1.54) is 6.07 Å². The van der Waals surface area contributed by atoms with E-state index in [0.717, 1.165) is 0 Å². The number of hydrogen-bond donors (Lipinski definition) is 1. The van der Waals surface area contributed by atoms with E-state index in [1.807, 2.05) is 0 Å². The summed E-state index contributed by atoms with van der Waals surface area (Å²) in [6.45, 7) is 0. The molecular formula is C7H6ClNO2. The van der Waals surface area contributed by atoms with E-state index in [4.69, 9.17) is 16.8 Å². The molecular weight excluding hydrogens is 166 g/mol. The van der Waals surface area contributed by atoms with Gasteiger partial charge >= 0.3 is 0 Å². The summed E-state index contributed by atoms with van der Waals surface area (Å²) >= 11 is 5.64. The number of hydrogen-bond acceptors (Lipinski definition) is 2. The van der Waals surface area contributed by atoms with Crippen molar-refractivity contribution in [1.29, 1.82) is 0 Å².